The van der Waals surface area contributed by atoms with E-state index >= 15 is 0 Å². The van der Waals surface area contributed by atoms with Crippen LogP contribution in [-0.4, -0.2) is 30.5 Å². The summed E-state index contributed by atoms with van der Waals surface area (Å²) in [7, 11) is 3.13. The molecule has 1 heterocycles. The van der Waals surface area contributed by atoms with Gasteiger partial charge in [0.25, 0.3) is 0 Å². The summed E-state index contributed by atoms with van der Waals surface area (Å²) in [6.45, 7) is 4.02. The first-order valence-electron chi connectivity index (χ1n) is 6.44. The van der Waals surface area contributed by atoms with Gasteiger partial charge in [-0.15, -0.1) is 0 Å². The van der Waals surface area contributed by atoms with Crippen LogP contribution in [0, 0.1) is 0 Å². The van der Waals surface area contributed by atoms with E-state index in [4.69, 9.17) is 19.1 Å². The van der Waals surface area contributed by atoms with Crippen molar-refractivity contribution in [3.63, 3.8) is 0 Å². The Balaban J connectivity index is 2.71. The highest BCUT2D eigenvalue weighted by molar-refractivity contribution is 5.87. The van der Waals surface area contributed by atoms with Gasteiger partial charge in [-0.1, -0.05) is 19.0 Å². The minimum Gasteiger partial charge on any atom is -0.496 e. The van der Waals surface area contributed by atoms with Crippen LogP contribution in [0.3, 0.4) is 0 Å². The number of benzene rings is 1. The van der Waals surface area contributed by atoms with Crippen molar-refractivity contribution in [1.82, 2.24) is 5.16 Å². The lowest BCUT2D eigenvalue weighted by molar-refractivity contribution is 0.0686. The van der Waals surface area contributed by atoms with Crippen LogP contribution in [0.2, 0.25) is 0 Å². The van der Waals surface area contributed by atoms with Gasteiger partial charge in [0.15, 0.2) is 11.5 Å². The van der Waals surface area contributed by atoms with Gasteiger partial charge in [-0.3, -0.25) is 0 Å². The van der Waals surface area contributed by atoms with Crippen molar-refractivity contribution < 1.29 is 23.9 Å². The molecule has 6 nitrogen and oxygen atoms in total. The Morgan fingerprint density at radius 3 is 2.33 bits per heavy atom. The van der Waals surface area contributed by atoms with Crippen molar-refractivity contribution >= 4 is 5.97 Å². The van der Waals surface area contributed by atoms with Crippen LogP contribution in [0.4, 0.5) is 0 Å². The largest absolute Gasteiger partial charge is 0.496 e. The topological polar surface area (TPSA) is 81.8 Å². The molecule has 1 N–H and O–H groups in total. The summed E-state index contributed by atoms with van der Waals surface area (Å²) in [6, 6.07) is 4.95. The maximum atomic E-state index is 11.0. The van der Waals surface area contributed by atoms with Crippen LogP contribution >= 0.6 is 0 Å². The number of carboxylic acids is 1. The fourth-order valence-electron chi connectivity index (χ4n) is 2.25. The van der Waals surface area contributed by atoms with E-state index in [1.807, 2.05) is 19.9 Å². The predicted octanol–water partition coefficient (Wildman–Crippen LogP) is 3.18. The predicted molar refractivity (Wildman–Crippen MR) is 76.1 cm³/mol. The van der Waals surface area contributed by atoms with E-state index in [1.165, 1.54) is 6.07 Å². The Morgan fingerprint density at radius 1 is 1.24 bits per heavy atom. The number of rotatable bonds is 5. The lowest BCUT2D eigenvalue weighted by Crippen LogP contribution is -2.00. The lowest BCUT2D eigenvalue weighted by atomic mass is 9.93. The van der Waals surface area contributed by atoms with E-state index in [0.717, 1.165) is 5.56 Å². The molecule has 1 aromatic carbocycles. The minimum absolute atomic E-state index is 0.128. The van der Waals surface area contributed by atoms with E-state index in [1.54, 1.807) is 20.3 Å². The summed E-state index contributed by atoms with van der Waals surface area (Å²) < 4.78 is 15.9. The van der Waals surface area contributed by atoms with Crippen LogP contribution in [0.1, 0.15) is 35.8 Å². The van der Waals surface area contributed by atoms with Crippen LogP contribution in [0.5, 0.6) is 11.5 Å². The van der Waals surface area contributed by atoms with Gasteiger partial charge < -0.3 is 19.1 Å². The van der Waals surface area contributed by atoms with Gasteiger partial charge in [-0.25, -0.2) is 4.79 Å². The van der Waals surface area contributed by atoms with Gasteiger partial charge in [0.2, 0.25) is 0 Å². The molecule has 0 spiro atoms. The number of nitrogens with zero attached hydrogens (tertiary/aromatic N) is 1. The molecule has 0 saturated carbocycles. The van der Waals surface area contributed by atoms with Gasteiger partial charge in [0.1, 0.15) is 11.5 Å². The highest BCUT2D eigenvalue weighted by Crippen LogP contribution is 2.42. The summed E-state index contributed by atoms with van der Waals surface area (Å²) in [5.41, 5.74) is 1.39. The van der Waals surface area contributed by atoms with Gasteiger partial charge in [0, 0.05) is 11.6 Å². The number of aromatic nitrogens is 1. The van der Waals surface area contributed by atoms with E-state index < -0.39 is 5.97 Å². The lowest BCUT2D eigenvalue weighted by Gasteiger charge is -2.18. The monoisotopic (exact) mass is 291 g/mol. The molecule has 0 amide bonds. The summed E-state index contributed by atoms with van der Waals surface area (Å²) >= 11 is 0. The number of ether oxygens (including phenoxy) is 2. The molecule has 6 heteroatoms. The van der Waals surface area contributed by atoms with Crippen molar-refractivity contribution in [2.75, 3.05) is 14.2 Å². The van der Waals surface area contributed by atoms with Gasteiger partial charge in [-0.05, 0) is 18.1 Å². The maximum Gasteiger partial charge on any atom is 0.358 e. The molecule has 0 aliphatic carbocycles. The molecule has 0 radical (unpaired) electrons. The van der Waals surface area contributed by atoms with Crippen LogP contribution in [-0.2, 0) is 0 Å². The molecule has 0 aliphatic heterocycles. The summed E-state index contributed by atoms with van der Waals surface area (Å²) in [4.78, 5) is 11.0. The zero-order chi connectivity index (χ0) is 15.6. The third kappa shape index (κ3) is 2.69. The maximum absolute atomic E-state index is 11.0. The smallest absolute Gasteiger partial charge is 0.358 e. The second-order valence-electron chi connectivity index (χ2n) is 4.80. The number of aromatic carboxylic acids is 1. The van der Waals surface area contributed by atoms with Gasteiger partial charge in [0.05, 0.1) is 19.8 Å². The van der Waals surface area contributed by atoms with E-state index in [9.17, 15) is 4.79 Å². The first-order chi connectivity index (χ1) is 9.99. The molecule has 21 heavy (non-hydrogen) atoms. The van der Waals surface area contributed by atoms with E-state index in [-0.39, 0.29) is 11.6 Å². The standard InChI is InChI=1S/C15H17NO5/c1-8(2)13-10(19-3)5-6-11(20-4)14(13)12-7-9(15(17)18)16-21-12/h5-8H,1-4H3,(H,17,18). The molecule has 0 unspecified atom stereocenters. The molecular formula is C15H17NO5. The number of carbonyl (C=O) groups is 1. The Labute approximate surface area is 122 Å². The van der Waals surface area contributed by atoms with Gasteiger partial charge in [-0.2, -0.15) is 0 Å². The Kier molecular flexibility index (Phi) is 4.16. The second-order valence-corrected chi connectivity index (χ2v) is 4.80. The molecule has 1 aromatic heterocycles. The van der Waals surface area contributed by atoms with Crippen molar-refractivity contribution in [2.45, 2.75) is 19.8 Å². The highest BCUT2D eigenvalue weighted by Gasteiger charge is 2.23. The third-order valence-electron chi connectivity index (χ3n) is 3.16. The van der Waals surface area contributed by atoms with Crippen LogP contribution < -0.4 is 9.47 Å². The minimum atomic E-state index is -1.14. The van der Waals surface area contributed by atoms with E-state index in [0.29, 0.717) is 22.8 Å². The first kappa shape index (κ1) is 14.9. The van der Waals surface area contributed by atoms with Crippen molar-refractivity contribution in [3.8, 4) is 22.8 Å². The third-order valence-corrected chi connectivity index (χ3v) is 3.16. The molecule has 2 rings (SSSR count). The Bertz CT molecular complexity index is 660. The van der Waals surface area contributed by atoms with Crippen molar-refractivity contribution in [3.05, 3.63) is 29.5 Å². The first-order valence-corrected chi connectivity index (χ1v) is 6.44. The molecule has 0 saturated heterocycles. The zero-order valence-corrected chi connectivity index (χ0v) is 12.3. The number of hydrogen-bond acceptors (Lipinski definition) is 5. The SMILES string of the molecule is COc1ccc(OC)c(C(C)C)c1-c1cc(C(=O)O)no1. The molecular weight excluding hydrogens is 274 g/mol. The fourth-order valence-corrected chi connectivity index (χ4v) is 2.25. The van der Waals surface area contributed by atoms with Crippen LogP contribution in [0.25, 0.3) is 11.3 Å². The van der Waals surface area contributed by atoms with Crippen molar-refractivity contribution in [2.24, 2.45) is 0 Å². The number of carboxylic acid groups (broad SMARTS) is 1. The molecule has 0 aliphatic rings. The Morgan fingerprint density at radius 2 is 1.86 bits per heavy atom. The zero-order valence-electron chi connectivity index (χ0n) is 12.3. The van der Waals surface area contributed by atoms with Gasteiger partial charge >= 0.3 is 5.97 Å². The average Bonchev–Trinajstić information content (AvgIpc) is 2.95. The average molecular weight is 291 g/mol. The normalized spacial score (nSPS) is 10.7. The summed E-state index contributed by atoms with van der Waals surface area (Å²) in [5, 5.41) is 12.5. The number of hydrogen-bond donors (Lipinski definition) is 1. The molecule has 2 aromatic rings. The molecule has 0 bridgehead atoms. The summed E-state index contributed by atoms with van der Waals surface area (Å²) in [6.07, 6.45) is 0. The van der Waals surface area contributed by atoms with E-state index in [2.05, 4.69) is 5.16 Å². The fraction of sp³-hybridized carbons (Fsp3) is 0.333. The highest BCUT2D eigenvalue weighted by atomic mass is 16.5. The molecule has 112 valence electrons. The molecule has 0 fully saturated rings. The summed E-state index contributed by atoms with van der Waals surface area (Å²) in [5.74, 6) is 0.593. The number of methoxy groups -OCH3 is 2. The Hall–Kier alpha value is -2.50. The van der Waals surface area contributed by atoms with Crippen LogP contribution in [0.15, 0.2) is 22.7 Å². The quantitative estimate of drug-likeness (QED) is 0.911. The molecule has 0 atom stereocenters. The van der Waals surface area contributed by atoms with Crippen molar-refractivity contribution in [1.29, 1.82) is 0 Å². The second kappa shape index (κ2) is 5.87.